The Morgan fingerprint density at radius 3 is 2.24 bits per heavy atom. The summed E-state index contributed by atoms with van der Waals surface area (Å²) in [7, 11) is 0. The average Bonchev–Trinajstić information content (AvgIpc) is 2.69. The first-order valence-electron chi connectivity index (χ1n) is 9.99. The van der Waals surface area contributed by atoms with Crippen molar-refractivity contribution < 1.29 is 36.2 Å². The Bertz CT molecular complexity index is 636. The van der Waals surface area contributed by atoms with E-state index in [-0.39, 0.29) is 24.5 Å². The molecule has 0 aromatic heterocycles. The smallest absolute Gasteiger partial charge is 0.424 e. The Morgan fingerprint density at radius 2 is 1.66 bits per heavy atom. The molecule has 164 valence electrons. The van der Waals surface area contributed by atoms with Gasteiger partial charge in [0, 0.05) is 0 Å². The minimum Gasteiger partial charge on any atom is -0.431 e. The highest BCUT2D eigenvalue weighted by Gasteiger charge is 2.45. The first kappa shape index (κ1) is 23.4. The summed E-state index contributed by atoms with van der Waals surface area (Å²) >= 11 is 0. The van der Waals surface area contributed by atoms with E-state index >= 15 is 0 Å². The van der Waals surface area contributed by atoms with Gasteiger partial charge < -0.3 is 14.2 Å². The largest absolute Gasteiger partial charge is 0.431 e. The van der Waals surface area contributed by atoms with Crippen molar-refractivity contribution >= 4 is 0 Å². The van der Waals surface area contributed by atoms with Crippen LogP contribution in [0.3, 0.4) is 0 Å². The van der Waals surface area contributed by atoms with Crippen LogP contribution in [0.2, 0.25) is 0 Å². The van der Waals surface area contributed by atoms with Gasteiger partial charge in [-0.1, -0.05) is 39.0 Å². The minimum atomic E-state index is -3.54. The van der Waals surface area contributed by atoms with Crippen LogP contribution < -0.4 is 9.47 Å². The quantitative estimate of drug-likeness (QED) is 0.214. The zero-order valence-corrected chi connectivity index (χ0v) is 16.4. The zero-order valence-electron chi connectivity index (χ0n) is 16.4. The Labute approximate surface area is 167 Å². The lowest BCUT2D eigenvalue weighted by molar-refractivity contribution is -0.265. The SMILES string of the molecule is CCCCCCCC1CCC(C(F)(F)Oc2ccc(OC(F)=C(F)F)cc2)OC1. The van der Waals surface area contributed by atoms with Gasteiger partial charge in [0.25, 0.3) is 0 Å². The van der Waals surface area contributed by atoms with Crippen molar-refractivity contribution in [1.82, 2.24) is 0 Å². The van der Waals surface area contributed by atoms with Crippen LogP contribution in [0.5, 0.6) is 11.5 Å². The Kier molecular flexibility index (Phi) is 9.20. The second kappa shape index (κ2) is 11.4. The Balaban J connectivity index is 1.79. The van der Waals surface area contributed by atoms with Crippen LogP contribution in [0.25, 0.3) is 0 Å². The number of benzene rings is 1. The van der Waals surface area contributed by atoms with Gasteiger partial charge >= 0.3 is 18.2 Å². The maximum Gasteiger partial charge on any atom is 0.424 e. The number of alkyl halides is 2. The molecule has 2 rings (SSSR count). The molecule has 0 radical (unpaired) electrons. The Morgan fingerprint density at radius 1 is 1.00 bits per heavy atom. The van der Waals surface area contributed by atoms with Crippen LogP contribution in [0.4, 0.5) is 22.0 Å². The highest BCUT2D eigenvalue weighted by molar-refractivity contribution is 5.32. The van der Waals surface area contributed by atoms with E-state index in [0.717, 1.165) is 43.5 Å². The van der Waals surface area contributed by atoms with Crippen LogP contribution >= 0.6 is 0 Å². The molecule has 1 aliphatic heterocycles. The summed E-state index contributed by atoms with van der Waals surface area (Å²) < 4.78 is 79.9. The van der Waals surface area contributed by atoms with Crippen LogP contribution in [0, 0.1) is 5.92 Å². The van der Waals surface area contributed by atoms with E-state index in [9.17, 15) is 22.0 Å². The van der Waals surface area contributed by atoms with E-state index in [1.165, 1.54) is 19.3 Å². The molecule has 2 unspecified atom stereocenters. The normalized spacial score (nSPS) is 19.7. The molecule has 0 N–H and O–H groups in total. The van der Waals surface area contributed by atoms with Crippen LogP contribution in [-0.4, -0.2) is 18.8 Å². The van der Waals surface area contributed by atoms with Gasteiger partial charge in [-0.2, -0.15) is 22.0 Å². The number of unbranched alkanes of at least 4 members (excludes halogenated alkanes) is 4. The molecular formula is C21H27F5O3. The molecule has 1 aromatic rings. The zero-order chi connectivity index (χ0) is 21.3. The van der Waals surface area contributed by atoms with E-state index < -0.39 is 24.3 Å². The van der Waals surface area contributed by atoms with E-state index in [4.69, 9.17) is 9.47 Å². The third-order valence-electron chi connectivity index (χ3n) is 4.89. The second-order valence-electron chi connectivity index (χ2n) is 7.24. The van der Waals surface area contributed by atoms with Crippen LogP contribution in [0.1, 0.15) is 58.3 Å². The summed E-state index contributed by atoms with van der Waals surface area (Å²) in [6, 6.07) is 2.26. The number of rotatable bonds is 11. The van der Waals surface area contributed by atoms with E-state index in [1.54, 1.807) is 0 Å². The van der Waals surface area contributed by atoms with Gasteiger partial charge in [0.2, 0.25) is 0 Å². The summed E-state index contributed by atoms with van der Waals surface area (Å²) in [6.45, 7) is 2.44. The molecule has 0 saturated carbocycles. The molecule has 0 bridgehead atoms. The number of halogens is 5. The highest BCUT2D eigenvalue weighted by Crippen LogP contribution is 2.35. The summed E-state index contributed by atoms with van der Waals surface area (Å²) in [4.78, 5) is 0. The fourth-order valence-electron chi connectivity index (χ4n) is 3.28. The van der Waals surface area contributed by atoms with Crippen molar-refractivity contribution in [1.29, 1.82) is 0 Å². The van der Waals surface area contributed by atoms with Gasteiger partial charge in [-0.15, -0.1) is 0 Å². The molecule has 0 aliphatic carbocycles. The van der Waals surface area contributed by atoms with Crippen LogP contribution in [-0.2, 0) is 4.74 Å². The molecule has 1 aromatic carbocycles. The summed E-state index contributed by atoms with van der Waals surface area (Å²) in [6.07, 6.45) is 0.187. The number of ether oxygens (including phenoxy) is 3. The maximum atomic E-state index is 14.4. The maximum absolute atomic E-state index is 14.4. The van der Waals surface area contributed by atoms with Gasteiger partial charge in [-0.3, -0.25) is 0 Å². The van der Waals surface area contributed by atoms with Crippen molar-refractivity contribution in [2.24, 2.45) is 5.92 Å². The van der Waals surface area contributed by atoms with Gasteiger partial charge in [-0.05, 0) is 49.4 Å². The minimum absolute atomic E-state index is 0.194. The molecule has 1 saturated heterocycles. The molecule has 29 heavy (non-hydrogen) atoms. The predicted molar refractivity (Wildman–Crippen MR) is 98.8 cm³/mol. The fraction of sp³-hybridized carbons (Fsp3) is 0.619. The lowest BCUT2D eigenvalue weighted by Crippen LogP contribution is -2.44. The average molecular weight is 422 g/mol. The first-order valence-corrected chi connectivity index (χ1v) is 9.99. The van der Waals surface area contributed by atoms with Gasteiger partial charge in [0.15, 0.2) is 6.10 Å². The summed E-state index contributed by atoms with van der Waals surface area (Å²) in [5.74, 6) is -0.172. The van der Waals surface area contributed by atoms with E-state index in [2.05, 4.69) is 11.7 Å². The highest BCUT2D eigenvalue weighted by atomic mass is 19.3. The topological polar surface area (TPSA) is 27.7 Å². The molecule has 0 spiro atoms. The summed E-state index contributed by atoms with van der Waals surface area (Å²) in [5.41, 5.74) is 0. The molecule has 1 heterocycles. The van der Waals surface area contributed by atoms with Gasteiger partial charge in [-0.25, -0.2) is 0 Å². The number of hydrogen-bond acceptors (Lipinski definition) is 3. The van der Waals surface area contributed by atoms with Gasteiger partial charge in [0.05, 0.1) is 6.61 Å². The standard InChI is InChI=1S/C21H27F5O3/c1-2-3-4-5-6-7-15-8-13-18(27-14-15)21(25,26)29-17-11-9-16(10-12-17)28-20(24)19(22)23/h9-12,15,18H,2-8,13-14H2,1H3. The van der Waals surface area contributed by atoms with Crippen molar-refractivity contribution in [3.63, 3.8) is 0 Å². The fourth-order valence-corrected chi connectivity index (χ4v) is 3.28. The second-order valence-corrected chi connectivity index (χ2v) is 7.24. The van der Waals surface area contributed by atoms with E-state index in [1.807, 2.05) is 0 Å². The third kappa shape index (κ3) is 7.84. The molecule has 1 fully saturated rings. The summed E-state index contributed by atoms with van der Waals surface area (Å²) in [5, 5.41) is 0. The van der Waals surface area contributed by atoms with Crippen LogP contribution in [0.15, 0.2) is 36.4 Å². The Hall–Kier alpha value is -1.83. The van der Waals surface area contributed by atoms with Gasteiger partial charge in [0.1, 0.15) is 11.5 Å². The van der Waals surface area contributed by atoms with Crippen molar-refractivity contribution in [2.75, 3.05) is 6.61 Å². The predicted octanol–water partition coefficient (Wildman–Crippen LogP) is 7.23. The van der Waals surface area contributed by atoms with E-state index in [0.29, 0.717) is 12.3 Å². The first-order chi connectivity index (χ1) is 13.8. The number of hydrogen-bond donors (Lipinski definition) is 0. The van der Waals surface area contributed by atoms with Crippen molar-refractivity contribution in [3.05, 3.63) is 36.4 Å². The monoisotopic (exact) mass is 422 g/mol. The third-order valence-corrected chi connectivity index (χ3v) is 4.89. The molecule has 0 amide bonds. The lowest BCUT2D eigenvalue weighted by atomic mass is 9.92. The molecule has 1 aliphatic rings. The van der Waals surface area contributed by atoms with Crippen molar-refractivity contribution in [2.45, 2.75) is 70.5 Å². The lowest BCUT2D eigenvalue weighted by Gasteiger charge is -2.33. The molecule has 2 atom stereocenters. The molecule has 3 nitrogen and oxygen atoms in total. The molecule has 8 heteroatoms. The molecular weight excluding hydrogens is 395 g/mol. The van der Waals surface area contributed by atoms with Crippen molar-refractivity contribution in [3.8, 4) is 11.5 Å².